The summed E-state index contributed by atoms with van der Waals surface area (Å²) in [4.78, 5) is 1.39. The highest BCUT2D eigenvalue weighted by Crippen LogP contribution is 2.29. The molecule has 0 bridgehead atoms. The summed E-state index contributed by atoms with van der Waals surface area (Å²) >= 11 is 1.94. The summed E-state index contributed by atoms with van der Waals surface area (Å²) < 4.78 is 0. The molecule has 0 radical (unpaired) electrons. The predicted molar refractivity (Wildman–Crippen MR) is 84.2 cm³/mol. The fraction of sp³-hybridized carbons (Fsp3) is 0.625. The van der Waals surface area contributed by atoms with Gasteiger partial charge < -0.3 is 0 Å². The molecule has 0 spiro atoms. The Bertz CT molecular complexity index is 373. The summed E-state index contributed by atoms with van der Waals surface area (Å²) in [6, 6.07) is 9.05. The normalized spacial score (nSPS) is 19.1. The molecule has 106 valence electrons. The quantitative estimate of drug-likeness (QED) is 0.371. The summed E-state index contributed by atoms with van der Waals surface area (Å²) in [5.74, 6) is 7.62. The molecule has 1 atom stereocenters. The van der Waals surface area contributed by atoms with Crippen LogP contribution in [0.15, 0.2) is 29.2 Å². The summed E-state index contributed by atoms with van der Waals surface area (Å²) in [6.07, 6.45) is 8.22. The molecular formula is C16H26N2S. The van der Waals surface area contributed by atoms with Crippen LogP contribution in [0.1, 0.15) is 44.1 Å². The number of benzene rings is 1. The monoisotopic (exact) mass is 278 g/mol. The molecule has 0 aliphatic heterocycles. The van der Waals surface area contributed by atoms with Gasteiger partial charge in [-0.05, 0) is 37.3 Å². The van der Waals surface area contributed by atoms with Crippen LogP contribution in [0.5, 0.6) is 0 Å². The highest BCUT2D eigenvalue weighted by Gasteiger charge is 2.21. The number of nitrogens with two attached hydrogens (primary N) is 1. The third kappa shape index (κ3) is 4.51. The van der Waals surface area contributed by atoms with Crippen molar-refractivity contribution >= 4 is 11.8 Å². The summed E-state index contributed by atoms with van der Waals surface area (Å²) in [5.41, 5.74) is 4.43. The van der Waals surface area contributed by atoms with Gasteiger partial charge in [0, 0.05) is 16.7 Å². The van der Waals surface area contributed by atoms with Gasteiger partial charge in [0.05, 0.1) is 0 Å². The van der Waals surface area contributed by atoms with E-state index in [0.29, 0.717) is 6.04 Å². The first-order valence-corrected chi connectivity index (χ1v) is 8.44. The van der Waals surface area contributed by atoms with E-state index in [1.807, 2.05) is 11.8 Å². The second-order valence-electron chi connectivity index (χ2n) is 5.60. The smallest absolute Gasteiger partial charge is 0.0332 e. The van der Waals surface area contributed by atoms with Crippen molar-refractivity contribution in [2.45, 2.75) is 56.4 Å². The second kappa shape index (κ2) is 7.93. The van der Waals surface area contributed by atoms with Gasteiger partial charge in [-0.2, -0.15) is 0 Å². The van der Waals surface area contributed by atoms with Crippen molar-refractivity contribution in [1.29, 1.82) is 0 Å². The zero-order valence-corrected chi connectivity index (χ0v) is 12.7. The first kappa shape index (κ1) is 14.9. The van der Waals surface area contributed by atoms with Crippen LogP contribution in [0.2, 0.25) is 0 Å². The number of hydrogen-bond donors (Lipinski definition) is 2. The van der Waals surface area contributed by atoms with E-state index in [9.17, 15) is 0 Å². The van der Waals surface area contributed by atoms with Gasteiger partial charge >= 0.3 is 0 Å². The Labute approximate surface area is 121 Å². The fourth-order valence-corrected chi connectivity index (χ4v) is 4.13. The molecule has 19 heavy (non-hydrogen) atoms. The van der Waals surface area contributed by atoms with E-state index in [2.05, 4.69) is 36.6 Å². The average Bonchev–Trinajstić information content (AvgIpc) is 2.71. The van der Waals surface area contributed by atoms with Crippen molar-refractivity contribution in [3.63, 3.8) is 0 Å². The molecule has 3 N–H and O–H groups in total. The Morgan fingerprint density at radius 1 is 1.21 bits per heavy atom. The number of hydrazine groups is 1. The van der Waals surface area contributed by atoms with Gasteiger partial charge in [-0.15, -0.1) is 11.8 Å². The van der Waals surface area contributed by atoms with Crippen molar-refractivity contribution in [3.8, 4) is 0 Å². The van der Waals surface area contributed by atoms with Crippen LogP contribution < -0.4 is 11.3 Å². The molecule has 0 saturated heterocycles. The SMILES string of the molecule is Cc1ccccc1SCC(NN)C1CCCCCC1. The molecule has 2 rings (SSSR count). The van der Waals surface area contributed by atoms with E-state index in [1.165, 1.54) is 49.0 Å². The largest absolute Gasteiger partial charge is 0.271 e. The Morgan fingerprint density at radius 2 is 1.89 bits per heavy atom. The minimum atomic E-state index is 0.447. The molecule has 1 aromatic rings. The molecule has 1 saturated carbocycles. The van der Waals surface area contributed by atoms with Crippen molar-refractivity contribution < 1.29 is 0 Å². The summed E-state index contributed by atoms with van der Waals surface area (Å²) in [6.45, 7) is 2.18. The molecule has 1 aromatic carbocycles. The van der Waals surface area contributed by atoms with E-state index in [0.717, 1.165) is 11.7 Å². The minimum Gasteiger partial charge on any atom is -0.271 e. The zero-order chi connectivity index (χ0) is 13.5. The predicted octanol–water partition coefficient (Wildman–Crippen LogP) is 3.89. The molecular weight excluding hydrogens is 252 g/mol. The first-order valence-electron chi connectivity index (χ1n) is 7.46. The number of aryl methyl sites for hydroxylation is 1. The maximum Gasteiger partial charge on any atom is 0.0332 e. The van der Waals surface area contributed by atoms with E-state index in [4.69, 9.17) is 5.84 Å². The van der Waals surface area contributed by atoms with Gasteiger partial charge in [-0.25, -0.2) is 0 Å². The average molecular weight is 278 g/mol. The Kier molecular flexibility index (Phi) is 6.21. The fourth-order valence-electron chi connectivity index (χ4n) is 2.93. The Hall–Kier alpha value is -0.510. The Morgan fingerprint density at radius 3 is 2.53 bits per heavy atom. The summed E-state index contributed by atoms with van der Waals surface area (Å²) in [5, 5.41) is 0. The standard InChI is InChI=1S/C16H26N2S/c1-13-8-6-7-11-16(13)19-12-15(18-17)14-9-4-2-3-5-10-14/h6-8,11,14-15,18H,2-5,9-10,12,17H2,1H3. The molecule has 1 unspecified atom stereocenters. The van der Waals surface area contributed by atoms with E-state index < -0.39 is 0 Å². The lowest BCUT2D eigenvalue weighted by Gasteiger charge is -2.25. The topological polar surface area (TPSA) is 38.0 Å². The molecule has 0 amide bonds. The van der Waals surface area contributed by atoms with Gasteiger partial charge in [0.25, 0.3) is 0 Å². The molecule has 0 heterocycles. The van der Waals surface area contributed by atoms with Crippen LogP contribution in [-0.4, -0.2) is 11.8 Å². The molecule has 2 nitrogen and oxygen atoms in total. The van der Waals surface area contributed by atoms with Crippen molar-refractivity contribution in [2.75, 3.05) is 5.75 Å². The lowest BCUT2D eigenvalue weighted by molar-refractivity contribution is 0.346. The lowest BCUT2D eigenvalue weighted by Crippen LogP contribution is -2.42. The van der Waals surface area contributed by atoms with Crippen molar-refractivity contribution in [2.24, 2.45) is 11.8 Å². The summed E-state index contributed by atoms with van der Waals surface area (Å²) in [7, 11) is 0. The third-order valence-corrected chi connectivity index (χ3v) is 5.49. The van der Waals surface area contributed by atoms with E-state index >= 15 is 0 Å². The van der Waals surface area contributed by atoms with Crippen molar-refractivity contribution in [3.05, 3.63) is 29.8 Å². The third-order valence-electron chi connectivity index (χ3n) is 4.19. The van der Waals surface area contributed by atoms with Crippen LogP contribution >= 0.6 is 11.8 Å². The van der Waals surface area contributed by atoms with E-state index in [1.54, 1.807) is 0 Å². The maximum atomic E-state index is 5.79. The highest BCUT2D eigenvalue weighted by molar-refractivity contribution is 7.99. The van der Waals surface area contributed by atoms with Crippen LogP contribution in [0.4, 0.5) is 0 Å². The van der Waals surface area contributed by atoms with Gasteiger partial charge in [-0.1, -0.05) is 43.9 Å². The van der Waals surface area contributed by atoms with Crippen LogP contribution in [0.25, 0.3) is 0 Å². The minimum absolute atomic E-state index is 0.447. The molecule has 1 aliphatic carbocycles. The maximum absolute atomic E-state index is 5.79. The second-order valence-corrected chi connectivity index (χ2v) is 6.66. The number of hydrogen-bond acceptors (Lipinski definition) is 3. The number of nitrogens with one attached hydrogen (secondary N) is 1. The molecule has 1 aliphatic rings. The van der Waals surface area contributed by atoms with Gasteiger partial charge in [0.2, 0.25) is 0 Å². The van der Waals surface area contributed by atoms with Crippen LogP contribution in [0, 0.1) is 12.8 Å². The molecule has 3 heteroatoms. The lowest BCUT2D eigenvalue weighted by atomic mass is 9.93. The molecule has 1 fully saturated rings. The van der Waals surface area contributed by atoms with Crippen molar-refractivity contribution in [1.82, 2.24) is 5.43 Å². The van der Waals surface area contributed by atoms with Crippen LogP contribution in [0.3, 0.4) is 0 Å². The van der Waals surface area contributed by atoms with Gasteiger partial charge in [0.1, 0.15) is 0 Å². The first-order chi connectivity index (χ1) is 9.31. The number of rotatable bonds is 5. The highest BCUT2D eigenvalue weighted by atomic mass is 32.2. The number of thioether (sulfide) groups is 1. The van der Waals surface area contributed by atoms with E-state index in [-0.39, 0.29) is 0 Å². The van der Waals surface area contributed by atoms with Crippen LogP contribution in [-0.2, 0) is 0 Å². The van der Waals surface area contributed by atoms with Gasteiger partial charge in [-0.3, -0.25) is 11.3 Å². The van der Waals surface area contributed by atoms with Gasteiger partial charge in [0.15, 0.2) is 0 Å². The Balaban J connectivity index is 1.90. The zero-order valence-electron chi connectivity index (χ0n) is 11.9. The molecule has 0 aromatic heterocycles.